The molecule has 0 atom stereocenters. The molecular weight excluding hydrogens is 338 g/mol. The van der Waals surface area contributed by atoms with Crippen molar-refractivity contribution in [2.75, 3.05) is 0 Å². The summed E-state index contributed by atoms with van der Waals surface area (Å²) in [6, 6.07) is 7.78. The first kappa shape index (κ1) is 17.0. The zero-order chi connectivity index (χ0) is 17.0. The number of oxime groups is 1. The highest BCUT2D eigenvalue weighted by molar-refractivity contribution is 6.31. The number of rotatable bonds is 3. The summed E-state index contributed by atoms with van der Waals surface area (Å²) in [5.41, 5.74) is -1.47. The van der Waals surface area contributed by atoms with Gasteiger partial charge in [0.15, 0.2) is 0 Å². The summed E-state index contributed by atoms with van der Waals surface area (Å²) in [6.45, 7) is 0. The van der Waals surface area contributed by atoms with Gasteiger partial charge < -0.3 is 4.84 Å². The molecule has 2 aromatic carbocycles. The Morgan fingerprint density at radius 2 is 1.87 bits per heavy atom. The molecule has 0 aliphatic carbocycles. The molecule has 0 fully saturated rings. The van der Waals surface area contributed by atoms with Crippen molar-refractivity contribution >= 4 is 23.8 Å². The second-order valence-corrected chi connectivity index (χ2v) is 4.74. The SMILES string of the molecule is O=C(ON=Cc1ccc(F)c(Cl)c1)c1ccccc1C(F)(F)F. The molecule has 2 aromatic rings. The third-order valence-corrected chi connectivity index (χ3v) is 3.02. The summed E-state index contributed by atoms with van der Waals surface area (Å²) < 4.78 is 51.3. The summed E-state index contributed by atoms with van der Waals surface area (Å²) in [5, 5.41) is 3.12. The van der Waals surface area contributed by atoms with Crippen molar-refractivity contribution in [2.45, 2.75) is 6.18 Å². The van der Waals surface area contributed by atoms with E-state index in [1.54, 1.807) is 0 Å². The maximum atomic E-state index is 13.0. The Morgan fingerprint density at radius 3 is 2.52 bits per heavy atom. The monoisotopic (exact) mass is 345 g/mol. The molecule has 3 nitrogen and oxygen atoms in total. The maximum Gasteiger partial charge on any atom is 0.417 e. The zero-order valence-corrected chi connectivity index (χ0v) is 12.0. The molecule has 0 saturated heterocycles. The van der Waals surface area contributed by atoms with Crippen LogP contribution in [0.5, 0.6) is 0 Å². The van der Waals surface area contributed by atoms with E-state index in [-0.39, 0.29) is 5.02 Å². The van der Waals surface area contributed by atoms with Crippen LogP contribution < -0.4 is 0 Å². The minimum atomic E-state index is -4.69. The minimum absolute atomic E-state index is 0.164. The number of hydrogen-bond donors (Lipinski definition) is 0. The third-order valence-electron chi connectivity index (χ3n) is 2.73. The van der Waals surface area contributed by atoms with Gasteiger partial charge in [0, 0.05) is 0 Å². The van der Waals surface area contributed by atoms with Crippen molar-refractivity contribution in [1.29, 1.82) is 0 Å². The summed E-state index contributed by atoms with van der Waals surface area (Å²) in [7, 11) is 0. The Bertz CT molecular complexity index is 759. The van der Waals surface area contributed by atoms with Crippen molar-refractivity contribution < 1.29 is 27.2 Å². The highest BCUT2D eigenvalue weighted by Gasteiger charge is 2.35. The first-order valence-corrected chi connectivity index (χ1v) is 6.53. The lowest BCUT2D eigenvalue weighted by Crippen LogP contribution is -2.13. The summed E-state index contributed by atoms with van der Waals surface area (Å²) in [6.07, 6.45) is -3.66. The van der Waals surface area contributed by atoms with E-state index in [0.29, 0.717) is 5.56 Å². The van der Waals surface area contributed by atoms with Gasteiger partial charge in [-0.25, -0.2) is 9.18 Å². The van der Waals surface area contributed by atoms with Crippen molar-refractivity contribution in [3.8, 4) is 0 Å². The lowest BCUT2D eigenvalue weighted by Gasteiger charge is -2.09. The van der Waals surface area contributed by atoms with Crippen molar-refractivity contribution in [3.05, 3.63) is 70.0 Å². The second-order valence-electron chi connectivity index (χ2n) is 4.33. The minimum Gasteiger partial charge on any atom is -0.313 e. The lowest BCUT2D eigenvalue weighted by atomic mass is 10.1. The molecule has 0 aliphatic heterocycles. The molecule has 0 saturated carbocycles. The van der Waals surface area contributed by atoms with Gasteiger partial charge >= 0.3 is 12.1 Å². The molecule has 0 aliphatic rings. The van der Waals surface area contributed by atoms with Crippen LogP contribution in [0, 0.1) is 5.82 Å². The molecular formula is C15H8ClF4NO2. The normalized spacial score (nSPS) is 11.7. The van der Waals surface area contributed by atoms with E-state index in [4.69, 9.17) is 11.6 Å². The number of hydrogen-bond acceptors (Lipinski definition) is 3. The number of halogens is 5. The van der Waals surface area contributed by atoms with Gasteiger partial charge in [-0.2, -0.15) is 13.2 Å². The van der Waals surface area contributed by atoms with E-state index in [2.05, 4.69) is 9.99 Å². The first-order valence-electron chi connectivity index (χ1n) is 6.15. The molecule has 0 heterocycles. The molecule has 0 spiro atoms. The number of carbonyl (C=O) groups excluding carboxylic acids is 1. The highest BCUT2D eigenvalue weighted by atomic mass is 35.5. The van der Waals surface area contributed by atoms with E-state index >= 15 is 0 Å². The fourth-order valence-corrected chi connectivity index (χ4v) is 1.87. The van der Waals surface area contributed by atoms with Gasteiger partial charge in [0.2, 0.25) is 0 Å². The van der Waals surface area contributed by atoms with Gasteiger partial charge in [0.25, 0.3) is 0 Å². The van der Waals surface area contributed by atoms with Crippen molar-refractivity contribution in [1.82, 2.24) is 0 Å². The van der Waals surface area contributed by atoms with Gasteiger partial charge in [-0.1, -0.05) is 35.0 Å². The van der Waals surface area contributed by atoms with Gasteiger partial charge in [-0.05, 0) is 29.8 Å². The Balaban J connectivity index is 2.14. The number of benzene rings is 2. The van der Waals surface area contributed by atoms with E-state index in [9.17, 15) is 22.4 Å². The molecule has 2 rings (SSSR count). The Morgan fingerprint density at radius 1 is 1.17 bits per heavy atom. The Kier molecular flexibility index (Phi) is 5.00. The van der Waals surface area contributed by atoms with Crippen molar-refractivity contribution in [2.24, 2.45) is 5.16 Å². The Labute approximate surface area is 133 Å². The van der Waals surface area contributed by atoms with Gasteiger partial charge in [0.1, 0.15) is 5.82 Å². The van der Waals surface area contributed by atoms with Crippen LogP contribution in [0.1, 0.15) is 21.5 Å². The molecule has 120 valence electrons. The predicted octanol–water partition coefficient (Wildman–Crippen LogP) is 4.69. The molecule has 0 unspecified atom stereocenters. The first-order chi connectivity index (χ1) is 10.8. The van der Waals surface area contributed by atoms with Crippen LogP contribution in [-0.2, 0) is 11.0 Å². The van der Waals surface area contributed by atoms with Crippen LogP contribution in [0.4, 0.5) is 17.6 Å². The fraction of sp³-hybridized carbons (Fsp3) is 0.0667. The third kappa shape index (κ3) is 4.29. The molecule has 0 amide bonds. The molecule has 0 aromatic heterocycles. The smallest absolute Gasteiger partial charge is 0.313 e. The van der Waals surface area contributed by atoms with Crippen LogP contribution in [-0.4, -0.2) is 12.2 Å². The maximum absolute atomic E-state index is 13.0. The zero-order valence-electron chi connectivity index (χ0n) is 11.3. The summed E-state index contributed by atoms with van der Waals surface area (Å²) >= 11 is 5.55. The highest BCUT2D eigenvalue weighted by Crippen LogP contribution is 2.32. The number of alkyl halides is 3. The topological polar surface area (TPSA) is 38.7 Å². The Hall–Kier alpha value is -2.41. The molecule has 0 N–H and O–H groups in total. The van der Waals surface area contributed by atoms with E-state index in [1.807, 2.05) is 0 Å². The fourth-order valence-electron chi connectivity index (χ4n) is 1.69. The summed E-state index contributed by atoms with van der Waals surface area (Å²) in [4.78, 5) is 16.1. The van der Waals surface area contributed by atoms with Gasteiger partial charge in [0.05, 0.1) is 22.4 Å². The lowest BCUT2D eigenvalue weighted by molar-refractivity contribution is -0.138. The summed E-state index contributed by atoms with van der Waals surface area (Å²) in [5.74, 6) is -1.90. The second kappa shape index (κ2) is 6.78. The molecule has 8 heteroatoms. The van der Waals surface area contributed by atoms with Crippen LogP contribution in [0.25, 0.3) is 0 Å². The van der Waals surface area contributed by atoms with Crippen molar-refractivity contribution in [3.63, 3.8) is 0 Å². The van der Waals surface area contributed by atoms with Crippen LogP contribution in [0.3, 0.4) is 0 Å². The molecule has 0 radical (unpaired) electrons. The molecule has 23 heavy (non-hydrogen) atoms. The average molecular weight is 346 g/mol. The largest absolute Gasteiger partial charge is 0.417 e. The van der Waals surface area contributed by atoms with Crippen LogP contribution >= 0.6 is 11.6 Å². The van der Waals surface area contributed by atoms with E-state index in [1.165, 1.54) is 18.2 Å². The average Bonchev–Trinajstić information content (AvgIpc) is 2.50. The number of carbonyl (C=O) groups is 1. The van der Waals surface area contributed by atoms with Gasteiger partial charge in [-0.3, -0.25) is 0 Å². The van der Waals surface area contributed by atoms with Crippen LogP contribution in [0.2, 0.25) is 5.02 Å². The van der Waals surface area contributed by atoms with Gasteiger partial charge in [-0.15, -0.1) is 0 Å². The van der Waals surface area contributed by atoms with Crippen LogP contribution in [0.15, 0.2) is 47.6 Å². The standard InChI is InChI=1S/C15H8ClF4NO2/c16-12-7-9(5-6-13(12)17)8-21-23-14(22)10-3-1-2-4-11(10)15(18,19)20/h1-8H. The van der Waals surface area contributed by atoms with E-state index < -0.39 is 29.1 Å². The quantitative estimate of drug-likeness (QED) is 0.350. The predicted molar refractivity (Wildman–Crippen MR) is 75.9 cm³/mol. The number of nitrogens with zero attached hydrogens (tertiary/aromatic N) is 1. The van der Waals surface area contributed by atoms with E-state index in [0.717, 1.165) is 30.5 Å². The molecule has 0 bridgehead atoms.